The zero-order valence-corrected chi connectivity index (χ0v) is 17.3. The van der Waals surface area contributed by atoms with Crippen LogP contribution in [0.3, 0.4) is 0 Å². The standard InChI is InChI=1S/C18H22N6O4S/c1-12-16(14(3)27-21-12)29(25,26)24-9-7-23(8-10-24)13(2)18-20-17(22-28-18)15-5-4-6-19-11-15/h4-6,11,13H,7-10H2,1-3H3. The van der Waals surface area contributed by atoms with E-state index in [-0.39, 0.29) is 10.9 Å². The van der Waals surface area contributed by atoms with Crippen molar-refractivity contribution in [2.24, 2.45) is 0 Å². The van der Waals surface area contributed by atoms with Gasteiger partial charge in [0.25, 0.3) is 0 Å². The van der Waals surface area contributed by atoms with E-state index >= 15 is 0 Å². The summed E-state index contributed by atoms with van der Waals surface area (Å²) in [5, 5.41) is 7.80. The topological polar surface area (TPSA) is 118 Å². The smallest absolute Gasteiger partial charge is 0.248 e. The molecule has 0 aliphatic carbocycles. The third kappa shape index (κ3) is 3.68. The quantitative estimate of drug-likeness (QED) is 0.611. The number of aryl methyl sites for hydroxylation is 2. The fourth-order valence-electron chi connectivity index (χ4n) is 3.48. The highest BCUT2D eigenvalue weighted by Gasteiger charge is 2.35. The Balaban J connectivity index is 1.44. The fraction of sp³-hybridized carbons (Fsp3) is 0.444. The van der Waals surface area contributed by atoms with E-state index in [0.717, 1.165) is 5.56 Å². The second kappa shape index (κ2) is 7.65. The summed E-state index contributed by atoms with van der Waals surface area (Å²) in [5.41, 5.74) is 1.16. The Kier molecular flexibility index (Phi) is 5.19. The molecule has 3 aromatic rings. The number of hydrogen-bond donors (Lipinski definition) is 0. The Morgan fingerprint density at radius 3 is 2.48 bits per heavy atom. The van der Waals surface area contributed by atoms with Crippen LogP contribution in [0.1, 0.15) is 30.3 Å². The SMILES string of the molecule is Cc1noc(C)c1S(=O)(=O)N1CCN(C(C)c2nc(-c3cccnc3)no2)CC1. The highest BCUT2D eigenvalue weighted by atomic mass is 32.2. The minimum Gasteiger partial charge on any atom is -0.360 e. The van der Waals surface area contributed by atoms with Crippen LogP contribution in [-0.2, 0) is 10.0 Å². The highest BCUT2D eigenvalue weighted by Crippen LogP contribution is 2.27. The van der Waals surface area contributed by atoms with E-state index in [4.69, 9.17) is 9.05 Å². The van der Waals surface area contributed by atoms with E-state index in [1.165, 1.54) is 4.31 Å². The molecule has 4 rings (SSSR count). The van der Waals surface area contributed by atoms with Crippen LogP contribution in [-0.4, -0.2) is 64.1 Å². The van der Waals surface area contributed by atoms with Crippen LogP contribution in [0.2, 0.25) is 0 Å². The van der Waals surface area contributed by atoms with Gasteiger partial charge in [-0.15, -0.1) is 0 Å². The Morgan fingerprint density at radius 1 is 1.10 bits per heavy atom. The van der Waals surface area contributed by atoms with Gasteiger partial charge in [-0.25, -0.2) is 8.42 Å². The lowest BCUT2D eigenvalue weighted by Crippen LogP contribution is -2.49. The average molecular weight is 418 g/mol. The summed E-state index contributed by atoms with van der Waals surface area (Å²) in [4.78, 5) is 10.8. The molecule has 4 heterocycles. The summed E-state index contributed by atoms with van der Waals surface area (Å²) >= 11 is 0. The summed E-state index contributed by atoms with van der Waals surface area (Å²) in [7, 11) is -3.63. The molecule has 0 spiro atoms. The number of nitrogens with zero attached hydrogens (tertiary/aromatic N) is 6. The number of pyridine rings is 1. The first-order valence-electron chi connectivity index (χ1n) is 9.29. The van der Waals surface area contributed by atoms with Gasteiger partial charge in [-0.05, 0) is 32.9 Å². The highest BCUT2D eigenvalue weighted by molar-refractivity contribution is 7.89. The van der Waals surface area contributed by atoms with Crippen LogP contribution >= 0.6 is 0 Å². The molecule has 29 heavy (non-hydrogen) atoms. The zero-order chi connectivity index (χ0) is 20.6. The predicted molar refractivity (Wildman–Crippen MR) is 102 cm³/mol. The molecule has 154 valence electrons. The number of sulfonamides is 1. The van der Waals surface area contributed by atoms with Crippen molar-refractivity contribution in [3.8, 4) is 11.4 Å². The van der Waals surface area contributed by atoms with Crippen LogP contribution in [0.15, 0.2) is 38.5 Å². The largest absolute Gasteiger partial charge is 0.360 e. The van der Waals surface area contributed by atoms with Crippen LogP contribution in [0.25, 0.3) is 11.4 Å². The summed E-state index contributed by atoms with van der Waals surface area (Å²) in [6, 6.07) is 3.55. The molecule has 0 saturated carbocycles. The molecule has 0 aromatic carbocycles. The van der Waals surface area contributed by atoms with E-state index in [2.05, 4.69) is 25.2 Å². The molecule has 1 unspecified atom stereocenters. The molecule has 11 heteroatoms. The van der Waals surface area contributed by atoms with Gasteiger partial charge in [0.1, 0.15) is 10.6 Å². The van der Waals surface area contributed by atoms with Crippen LogP contribution < -0.4 is 0 Å². The molecule has 0 amide bonds. The van der Waals surface area contributed by atoms with Gasteiger partial charge in [0.05, 0.1) is 6.04 Å². The van der Waals surface area contributed by atoms with Gasteiger partial charge in [-0.1, -0.05) is 10.3 Å². The van der Waals surface area contributed by atoms with E-state index in [9.17, 15) is 8.42 Å². The first kappa shape index (κ1) is 19.7. The fourth-order valence-corrected chi connectivity index (χ4v) is 5.19. The Morgan fingerprint density at radius 2 is 1.86 bits per heavy atom. The lowest BCUT2D eigenvalue weighted by atomic mass is 10.2. The maximum atomic E-state index is 13.0. The minimum absolute atomic E-state index is 0.128. The summed E-state index contributed by atoms with van der Waals surface area (Å²) < 4.78 is 37.9. The second-order valence-electron chi connectivity index (χ2n) is 6.97. The van der Waals surface area contributed by atoms with Gasteiger partial charge in [-0.3, -0.25) is 9.88 Å². The molecule has 1 saturated heterocycles. The van der Waals surface area contributed by atoms with Gasteiger partial charge in [0, 0.05) is 44.1 Å². The van der Waals surface area contributed by atoms with E-state index in [1.807, 2.05) is 19.1 Å². The second-order valence-corrected chi connectivity index (χ2v) is 8.84. The zero-order valence-electron chi connectivity index (χ0n) is 16.4. The Labute approximate surface area is 168 Å². The molecule has 10 nitrogen and oxygen atoms in total. The first-order valence-corrected chi connectivity index (χ1v) is 10.7. The predicted octanol–water partition coefficient (Wildman–Crippen LogP) is 1.80. The summed E-state index contributed by atoms with van der Waals surface area (Å²) in [6.07, 6.45) is 3.36. The van der Waals surface area contributed by atoms with Crippen molar-refractivity contribution in [3.05, 3.63) is 41.9 Å². The lowest BCUT2D eigenvalue weighted by Gasteiger charge is -2.35. The van der Waals surface area contributed by atoms with Crippen molar-refractivity contribution < 1.29 is 17.5 Å². The van der Waals surface area contributed by atoms with E-state index < -0.39 is 10.0 Å². The minimum atomic E-state index is -3.63. The Hall–Kier alpha value is -2.63. The molecule has 0 N–H and O–H groups in total. The lowest BCUT2D eigenvalue weighted by molar-refractivity contribution is 0.124. The number of rotatable bonds is 5. The van der Waals surface area contributed by atoms with Gasteiger partial charge < -0.3 is 9.05 Å². The maximum Gasteiger partial charge on any atom is 0.248 e. The van der Waals surface area contributed by atoms with Crippen LogP contribution in [0.5, 0.6) is 0 Å². The number of hydrogen-bond acceptors (Lipinski definition) is 9. The number of piperazine rings is 1. The van der Waals surface area contributed by atoms with Crippen LogP contribution in [0, 0.1) is 13.8 Å². The molecular weight excluding hydrogens is 396 g/mol. The third-order valence-corrected chi connectivity index (χ3v) is 7.25. The first-order chi connectivity index (χ1) is 13.9. The molecule has 1 atom stereocenters. The van der Waals surface area contributed by atoms with Crippen molar-refractivity contribution >= 4 is 10.0 Å². The van der Waals surface area contributed by atoms with Crippen molar-refractivity contribution in [1.82, 2.24) is 29.5 Å². The van der Waals surface area contributed by atoms with Crippen molar-refractivity contribution in [3.63, 3.8) is 0 Å². The van der Waals surface area contributed by atoms with Gasteiger partial charge in [0.15, 0.2) is 5.76 Å². The summed E-state index contributed by atoms with van der Waals surface area (Å²) in [5.74, 6) is 1.29. The van der Waals surface area contributed by atoms with Crippen molar-refractivity contribution in [1.29, 1.82) is 0 Å². The van der Waals surface area contributed by atoms with Gasteiger partial charge in [0.2, 0.25) is 21.7 Å². The average Bonchev–Trinajstić information content (AvgIpc) is 3.35. The van der Waals surface area contributed by atoms with Crippen LogP contribution in [0.4, 0.5) is 0 Å². The van der Waals surface area contributed by atoms with Crippen molar-refractivity contribution in [2.75, 3.05) is 26.2 Å². The molecular formula is C18H22N6O4S. The van der Waals surface area contributed by atoms with Gasteiger partial charge in [-0.2, -0.15) is 9.29 Å². The third-order valence-electron chi connectivity index (χ3n) is 5.11. The van der Waals surface area contributed by atoms with Gasteiger partial charge >= 0.3 is 0 Å². The molecule has 1 aliphatic heterocycles. The molecule has 1 aliphatic rings. The molecule has 1 fully saturated rings. The van der Waals surface area contributed by atoms with E-state index in [0.29, 0.717) is 49.3 Å². The molecule has 0 bridgehead atoms. The molecule has 3 aromatic heterocycles. The Bertz CT molecular complexity index is 1070. The monoisotopic (exact) mass is 418 g/mol. The van der Waals surface area contributed by atoms with Crippen molar-refractivity contribution in [2.45, 2.75) is 31.7 Å². The summed E-state index contributed by atoms with van der Waals surface area (Å²) in [6.45, 7) is 7.04. The number of aromatic nitrogens is 4. The van der Waals surface area contributed by atoms with E-state index in [1.54, 1.807) is 26.2 Å². The maximum absolute atomic E-state index is 13.0. The normalized spacial score (nSPS) is 17.5. The molecule has 0 radical (unpaired) electrons.